The molecule has 0 aliphatic rings. The molecule has 2 N–H and O–H groups in total. The van der Waals surface area contributed by atoms with E-state index in [0.717, 1.165) is 9.99 Å². The van der Waals surface area contributed by atoms with Crippen molar-refractivity contribution in [1.82, 2.24) is 5.32 Å². The molecule has 5 heteroatoms. The SMILES string of the molecule is CC(Br)CC(C)NC(=O)c1ccc(I)c(O)c1. The van der Waals surface area contributed by atoms with Crippen LogP contribution >= 0.6 is 38.5 Å². The van der Waals surface area contributed by atoms with Crippen molar-refractivity contribution in [2.45, 2.75) is 31.1 Å². The molecule has 0 aliphatic heterocycles. The van der Waals surface area contributed by atoms with Gasteiger partial charge in [0.15, 0.2) is 0 Å². The van der Waals surface area contributed by atoms with E-state index in [0.29, 0.717) is 10.4 Å². The van der Waals surface area contributed by atoms with Crippen molar-refractivity contribution in [3.63, 3.8) is 0 Å². The van der Waals surface area contributed by atoms with E-state index < -0.39 is 0 Å². The normalized spacial score (nSPS) is 14.1. The van der Waals surface area contributed by atoms with Gasteiger partial charge in [-0.1, -0.05) is 22.9 Å². The van der Waals surface area contributed by atoms with E-state index in [-0.39, 0.29) is 17.7 Å². The minimum Gasteiger partial charge on any atom is -0.507 e. The summed E-state index contributed by atoms with van der Waals surface area (Å²) in [5.41, 5.74) is 0.483. The number of aromatic hydroxyl groups is 1. The standard InChI is InChI=1S/C12H15BrINO2/c1-7(13)5-8(2)15-12(17)9-3-4-10(14)11(16)6-9/h3-4,6-8,16H,5H2,1-2H3,(H,15,17). The summed E-state index contributed by atoms with van der Waals surface area (Å²) in [6, 6.07) is 5.02. The van der Waals surface area contributed by atoms with Crippen LogP contribution in [0.4, 0.5) is 0 Å². The van der Waals surface area contributed by atoms with Crippen LogP contribution in [0.2, 0.25) is 0 Å². The second kappa shape index (κ2) is 6.58. The number of phenolic OH excluding ortho intramolecular Hbond substituents is 1. The molecular weight excluding hydrogens is 397 g/mol. The van der Waals surface area contributed by atoms with E-state index >= 15 is 0 Å². The Morgan fingerprint density at radius 3 is 2.71 bits per heavy atom. The zero-order chi connectivity index (χ0) is 13.0. The van der Waals surface area contributed by atoms with Gasteiger partial charge in [0.05, 0.1) is 3.57 Å². The van der Waals surface area contributed by atoms with Crippen molar-refractivity contribution in [3.8, 4) is 5.75 Å². The van der Waals surface area contributed by atoms with Gasteiger partial charge in [0.2, 0.25) is 0 Å². The van der Waals surface area contributed by atoms with Gasteiger partial charge >= 0.3 is 0 Å². The minimum absolute atomic E-state index is 0.0956. The Kier molecular flexibility index (Phi) is 5.72. The smallest absolute Gasteiger partial charge is 0.251 e. The van der Waals surface area contributed by atoms with Gasteiger partial charge in [0, 0.05) is 16.4 Å². The average molecular weight is 412 g/mol. The van der Waals surface area contributed by atoms with Crippen LogP contribution in [0, 0.1) is 3.57 Å². The largest absolute Gasteiger partial charge is 0.507 e. The summed E-state index contributed by atoms with van der Waals surface area (Å²) < 4.78 is 0.737. The number of phenols is 1. The zero-order valence-electron chi connectivity index (χ0n) is 9.71. The third-order valence-electron chi connectivity index (χ3n) is 2.26. The number of amides is 1. The molecule has 0 heterocycles. The van der Waals surface area contributed by atoms with Crippen LogP contribution in [-0.2, 0) is 0 Å². The lowest BCUT2D eigenvalue weighted by atomic mass is 10.1. The highest BCUT2D eigenvalue weighted by Crippen LogP contribution is 2.20. The topological polar surface area (TPSA) is 49.3 Å². The number of alkyl halides is 1. The summed E-state index contributed by atoms with van der Waals surface area (Å²) >= 11 is 5.47. The fraction of sp³-hybridized carbons (Fsp3) is 0.417. The first-order chi connectivity index (χ1) is 7.90. The molecule has 0 saturated heterocycles. The maximum Gasteiger partial charge on any atom is 0.251 e. The van der Waals surface area contributed by atoms with Crippen molar-refractivity contribution < 1.29 is 9.90 Å². The van der Waals surface area contributed by atoms with Crippen LogP contribution in [-0.4, -0.2) is 21.9 Å². The number of hydrogen-bond acceptors (Lipinski definition) is 2. The molecule has 3 nitrogen and oxygen atoms in total. The quantitative estimate of drug-likeness (QED) is 0.590. The van der Waals surface area contributed by atoms with Gasteiger partial charge in [-0.2, -0.15) is 0 Å². The third-order valence-corrected chi connectivity index (χ3v) is 3.55. The van der Waals surface area contributed by atoms with Gasteiger partial charge in [0.1, 0.15) is 5.75 Å². The van der Waals surface area contributed by atoms with Crippen LogP contribution in [0.5, 0.6) is 5.75 Å². The third kappa shape index (κ3) is 4.83. The van der Waals surface area contributed by atoms with Crippen LogP contribution in [0.15, 0.2) is 18.2 Å². The van der Waals surface area contributed by atoms with Crippen molar-refractivity contribution in [1.29, 1.82) is 0 Å². The van der Waals surface area contributed by atoms with E-state index in [9.17, 15) is 9.90 Å². The van der Waals surface area contributed by atoms with Gasteiger partial charge in [-0.3, -0.25) is 4.79 Å². The summed E-state index contributed by atoms with van der Waals surface area (Å²) in [7, 11) is 0. The van der Waals surface area contributed by atoms with Crippen LogP contribution in [0.3, 0.4) is 0 Å². The van der Waals surface area contributed by atoms with Gasteiger partial charge in [-0.25, -0.2) is 0 Å². The van der Waals surface area contributed by atoms with E-state index in [1.807, 2.05) is 36.4 Å². The number of halogens is 2. The van der Waals surface area contributed by atoms with Crippen molar-refractivity contribution >= 4 is 44.4 Å². The minimum atomic E-state index is -0.155. The number of carbonyl (C=O) groups excluding carboxylic acids is 1. The first-order valence-corrected chi connectivity index (χ1v) is 7.33. The maximum atomic E-state index is 11.9. The predicted octanol–water partition coefficient (Wildman–Crippen LogP) is 3.29. The molecule has 0 radical (unpaired) electrons. The maximum absolute atomic E-state index is 11.9. The first-order valence-electron chi connectivity index (χ1n) is 5.33. The molecule has 1 amide bonds. The monoisotopic (exact) mass is 411 g/mol. The molecule has 94 valence electrons. The summed E-state index contributed by atoms with van der Waals surface area (Å²) in [6.45, 7) is 4.00. The second-order valence-electron chi connectivity index (χ2n) is 4.06. The van der Waals surface area contributed by atoms with Crippen LogP contribution < -0.4 is 5.32 Å². The summed E-state index contributed by atoms with van der Waals surface area (Å²) in [5.74, 6) is -0.0166. The summed E-state index contributed by atoms with van der Waals surface area (Å²) in [4.78, 5) is 12.2. The molecule has 0 aliphatic carbocycles. The fourth-order valence-electron chi connectivity index (χ4n) is 1.51. The number of benzene rings is 1. The van der Waals surface area contributed by atoms with Crippen molar-refractivity contribution in [2.24, 2.45) is 0 Å². The Morgan fingerprint density at radius 2 is 2.18 bits per heavy atom. The van der Waals surface area contributed by atoms with Gasteiger partial charge in [-0.15, -0.1) is 0 Å². The Labute approximate surface area is 123 Å². The molecule has 2 atom stereocenters. The molecule has 0 spiro atoms. The number of carbonyl (C=O) groups is 1. The van der Waals surface area contributed by atoms with Crippen LogP contribution in [0.25, 0.3) is 0 Å². The molecule has 1 rings (SSSR count). The first kappa shape index (κ1) is 14.8. The van der Waals surface area contributed by atoms with Crippen LogP contribution in [0.1, 0.15) is 30.6 Å². The van der Waals surface area contributed by atoms with E-state index in [1.165, 1.54) is 6.07 Å². The molecular formula is C12H15BrINO2. The number of rotatable bonds is 4. The predicted molar refractivity (Wildman–Crippen MR) is 80.8 cm³/mol. The van der Waals surface area contributed by atoms with E-state index in [1.54, 1.807) is 12.1 Å². The molecule has 1 aromatic rings. The van der Waals surface area contributed by atoms with Crippen molar-refractivity contribution in [3.05, 3.63) is 27.3 Å². The molecule has 2 unspecified atom stereocenters. The number of hydrogen-bond donors (Lipinski definition) is 2. The second-order valence-corrected chi connectivity index (χ2v) is 6.78. The Balaban J connectivity index is 2.66. The Hall–Kier alpha value is -0.300. The zero-order valence-corrected chi connectivity index (χ0v) is 13.4. The molecule has 0 saturated carbocycles. The summed E-state index contributed by atoms with van der Waals surface area (Å²) in [5, 5.41) is 12.4. The molecule has 1 aromatic carbocycles. The molecule has 0 aromatic heterocycles. The van der Waals surface area contributed by atoms with Gasteiger partial charge in [-0.05, 0) is 54.1 Å². The van der Waals surface area contributed by atoms with Gasteiger partial charge in [0.25, 0.3) is 5.91 Å². The lowest BCUT2D eigenvalue weighted by Crippen LogP contribution is -2.33. The molecule has 17 heavy (non-hydrogen) atoms. The number of nitrogens with one attached hydrogen (secondary N) is 1. The highest BCUT2D eigenvalue weighted by molar-refractivity contribution is 14.1. The summed E-state index contributed by atoms with van der Waals surface area (Å²) in [6.07, 6.45) is 0.863. The highest BCUT2D eigenvalue weighted by atomic mass is 127. The highest BCUT2D eigenvalue weighted by Gasteiger charge is 2.12. The lowest BCUT2D eigenvalue weighted by molar-refractivity contribution is 0.0938. The van der Waals surface area contributed by atoms with Gasteiger partial charge < -0.3 is 10.4 Å². The lowest BCUT2D eigenvalue weighted by Gasteiger charge is -2.15. The van der Waals surface area contributed by atoms with E-state index in [4.69, 9.17) is 0 Å². The Morgan fingerprint density at radius 1 is 1.53 bits per heavy atom. The molecule has 0 fully saturated rings. The Bertz CT molecular complexity index is 409. The molecule has 0 bridgehead atoms. The van der Waals surface area contributed by atoms with E-state index in [2.05, 4.69) is 21.2 Å². The fourth-order valence-corrected chi connectivity index (χ4v) is 2.40. The average Bonchev–Trinajstić information content (AvgIpc) is 2.20. The van der Waals surface area contributed by atoms with Crippen molar-refractivity contribution in [2.75, 3.05) is 0 Å².